The second kappa shape index (κ2) is 10.5. The summed E-state index contributed by atoms with van der Waals surface area (Å²) in [5, 5.41) is 8.95. The summed E-state index contributed by atoms with van der Waals surface area (Å²) in [4.78, 5) is 23.7. The summed E-state index contributed by atoms with van der Waals surface area (Å²) < 4.78 is 85.5. The summed E-state index contributed by atoms with van der Waals surface area (Å²) in [6.45, 7) is 5.62. The number of ether oxygens (including phenoxy) is 3. The molecule has 1 aromatic heterocycles. The van der Waals surface area contributed by atoms with Gasteiger partial charge in [-0.15, -0.1) is 5.10 Å². The number of amides is 2. The molecule has 2 N–H and O–H groups in total. The number of anilines is 2. The van der Waals surface area contributed by atoms with Crippen LogP contribution in [0.2, 0.25) is 0 Å². The number of sulfonamides is 1. The first-order valence-electron chi connectivity index (χ1n) is 11.6. The van der Waals surface area contributed by atoms with Crippen LogP contribution < -0.4 is 24.4 Å². The van der Waals surface area contributed by atoms with E-state index in [4.69, 9.17) is 9.47 Å². The SMILES string of the molecule is COc1nn(C)c(C)c1S(=O)(=O)N1CC(C(C)NC(C)=O)Oc2ccc(NC(=O)OC(C)(C)C(F)(F)F)cc21. The topological polar surface area (TPSA) is 141 Å². The van der Waals surface area contributed by atoms with Crippen molar-refractivity contribution in [1.82, 2.24) is 15.1 Å². The summed E-state index contributed by atoms with van der Waals surface area (Å²) in [5.74, 6) is -0.417. The van der Waals surface area contributed by atoms with Crippen molar-refractivity contribution in [3.05, 3.63) is 23.9 Å². The Morgan fingerprint density at radius 3 is 2.46 bits per heavy atom. The molecule has 2 unspecified atom stereocenters. The minimum absolute atomic E-state index is 0.0144. The number of carbonyl (C=O) groups is 2. The van der Waals surface area contributed by atoms with E-state index < -0.39 is 40.0 Å². The first-order chi connectivity index (χ1) is 17.9. The minimum atomic E-state index is -4.82. The molecule has 12 nitrogen and oxygen atoms in total. The molecule has 0 radical (unpaired) electrons. The monoisotopic (exact) mass is 577 g/mol. The molecule has 0 aliphatic carbocycles. The number of nitrogens with one attached hydrogen (secondary N) is 2. The van der Waals surface area contributed by atoms with Gasteiger partial charge in [-0.2, -0.15) is 13.2 Å². The molecule has 1 aliphatic rings. The van der Waals surface area contributed by atoms with Gasteiger partial charge >= 0.3 is 12.3 Å². The standard InChI is InChI=1S/C23H30F3N5O7S/c1-12(27-14(3)32)18-11-31(39(34,35)19-13(2)30(6)29-20(19)36-7)16-10-15(8-9-17(16)37-18)28-21(33)38-22(4,5)23(24,25)26/h8-10,12,18H,11H2,1-7H3,(H,27,32)(H,28,33). The van der Waals surface area contributed by atoms with Crippen molar-refractivity contribution in [2.24, 2.45) is 7.05 Å². The Bertz CT molecular complexity index is 1370. The van der Waals surface area contributed by atoms with Gasteiger partial charge in [0.1, 0.15) is 11.9 Å². The fraction of sp³-hybridized carbons (Fsp3) is 0.522. The van der Waals surface area contributed by atoms with Gasteiger partial charge in [0.25, 0.3) is 15.9 Å². The molecule has 16 heteroatoms. The van der Waals surface area contributed by atoms with E-state index in [1.54, 1.807) is 14.0 Å². The Hall–Kier alpha value is -3.69. The number of alkyl halides is 3. The maximum Gasteiger partial charge on any atom is 0.427 e. The average Bonchev–Trinajstić information content (AvgIpc) is 3.10. The van der Waals surface area contributed by atoms with Crippen LogP contribution in [0.5, 0.6) is 11.6 Å². The van der Waals surface area contributed by atoms with E-state index in [9.17, 15) is 31.2 Å². The van der Waals surface area contributed by atoms with Gasteiger partial charge in [-0.25, -0.2) is 13.2 Å². The zero-order valence-corrected chi connectivity index (χ0v) is 23.2. The average molecular weight is 578 g/mol. The van der Waals surface area contributed by atoms with Crippen LogP contribution in [0.3, 0.4) is 0 Å². The van der Waals surface area contributed by atoms with Gasteiger partial charge in [0, 0.05) is 19.7 Å². The van der Waals surface area contributed by atoms with E-state index in [-0.39, 0.29) is 46.0 Å². The Balaban J connectivity index is 2.06. The van der Waals surface area contributed by atoms with Gasteiger partial charge in [0.15, 0.2) is 4.90 Å². The van der Waals surface area contributed by atoms with Crippen LogP contribution in [0.4, 0.5) is 29.3 Å². The van der Waals surface area contributed by atoms with Gasteiger partial charge in [-0.05, 0) is 45.9 Å². The van der Waals surface area contributed by atoms with Crippen molar-refractivity contribution in [1.29, 1.82) is 0 Å². The number of benzene rings is 1. The van der Waals surface area contributed by atoms with E-state index in [1.807, 2.05) is 0 Å². The van der Waals surface area contributed by atoms with Crippen molar-refractivity contribution in [2.45, 2.75) is 63.4 Å². The molecule has 216 valence electrons. The van der Waals surface area contributed by atoms with Crippen molar-refractivity contribution in [3.63, 3.8) is 0 Å². The number of carbonyl (C=O) groups excluding carboxylic acids is 2. The lowest BCUT2D eigenvalue weighted by Crippen LogP contribution is -2.52. The molecule has 2 aromatic rings. The third-order valence-corrected chi connectivity index (χ3v) is 8.02. The lowest BCUT2D eigenvalue weighted by molar-refractivity contribution is -0.242. The normalized spacial score (nSPS) is 16.6. The van der Waals surface area contributed by atoms with E-state index in [0.717, 1.165) is 4.31 Å². The van der Waals surface area contributed by atoms with Gasteiger partial charge in [0.05, 0.1) is 31.1 Å². The number of halogens is 3. The Morgan fingerprint density at radius 1 is 1.26 bits per heavy atom. The number of nitrogens with zero attached hydrogens (tertiary/aromatic N) is 3. The smallest absolute Gasteiger partial charge is 0.427 e. The molecule has 2 amide bonds. The van der Waals surface area contributed by atoms with Crippen LogP contribution in [0.25, 0.3) is 0 Å². The van der Waals surface area contributed by atoms with Gasteiger partial charge in [0.2, 0.25) is 11.5 Å². The van der Waals surface area contributed by atoms with Crippen LogP contribution in [-0.4, -0.2) is 67.8 Å². The molecule has 1 aliphatic heterocycles. The summed E-state index contributed by atoms with van der Waals surface area (Å²) in [5.41, 5.74) is -2.56. The first-order valence-corrected chi connectivity index (χ1v) is 13.1. The second-order valence-electron chi connectivity index (χ2n) is 9.43. The molecule has 0 saturated carbocycles. The predicted octanol–water partition coefficient (Wildman–Crippen LogP) is 3.11. The third-order valence-electron chi connectivity index (χ3n) is 6.11. The fourth-order valence-electron chi connectivity index (χ4n) is 3.79. The van der Waals surface area contributed by atoms with Gasteiger partial charge in [-0.1, -0.05) is 0 Å². The van der Waals surface area contributed by atoms with Crippen LogP contribution >= 0.6 is 0 Å². The highest BCUT2D eigenvalue weighted by molar-refractivity contribution is 7.93. The van der Waals surface area contributed by atoms with Gasteiger partial charge in [-0.3, -0.25) is 19.1 Å². The highest BCUT2D eigenvalue weighted by Crippen LogP contribution is 2.41. The Labute approximate surface area is 223 Å². The number of rotatable bonds is 7. The van der Waals surface area contributed by atoms with Gasteiger partial charge < -0.3 is 19.5 Å². The summed E-state index contributed by atoms with van der Waals surface area (Å²) >= 11 is 0. The highest BCUT2D eigenvalue weighted by atomic mass is 32.2. The number of aryl methyl sites for hydroxylation is 1. The maximum absolute atomic E-state index is 14.0. The minimum Gasteiger partial charge on any atom is -0.484 e. The second-order valence-corrected chi connectivity index (χ2v) is 11.2. The van der Waals surface area contributed by atoms with Crippen molar-refractivity contribution < 1.29 is 45.4 Å². The van der Waals surface area contributed by atoms with E-state index >= 15 is 0 Å². The molecular weight excluding hydrogens is 547 g/mol. The van der Waals surface area contributed by atoms with Crippen molar-refractivity contribution >= 4 is 33.4 Å². The summed E-state index contributed by atoms with van der Waals surface area (Å²) in [6, 6.07) is 3.28. The number of aromatic nitrogens is 2. The van der Waals surface area contributed by atoms with Crippen molar-refractivity contribution in [2.75, 3.05) is 23.3 Å². The lowest BCUT2D eigenvalue weighted by Gasteiger charge is -2.38. The largest absolute Gasteiger partial charge is 0.484 e. The zero-order chi connectivity index (χ0) is 29.5. The van der Waals surface area contributed by atoms with E-state index in [0.29, 0.717) is 13.8 Å². The Morgan fingerprint density at radius 2 is 1.90 bits per heavy atom. The highest BCUT2D eigenvalue weighted by Gasteiger charge is 2.51. The predicted molar refractivity (Wildman–Crippen MR) is 133 cm³/mol. The molecule has 2 heterocycles. The lowest BCUT2D eigenvalue weighted by atomic mass is 10.1. The molecule has 0 bridgehead atoms. The fourth-order valence-corrected chi connectivity index (χ4v) is 5.60. The van der Waals surface area contributed by atoms with E-state index in [2.05, 4.69) is 20.5 Å². The number of hydrogen-bond acceptors (Lipinski definition) is 8. The molecule has 1 aromatic carbocycles. The van der Waals surface area contributed by atoms with Crippen LogP contribution in [0.15, 0.2) is 23.1 Å². The summed E-state index contributed by atoms with van der Waals surface area (Å²) in [7, 11) is -1.56. The quantitative estimate of drug-likeness (QED) is 0.512. The molecule has 0 saturated heterocycles. The number of methoxy groups -OCH3 is 1. The zero-order valence-electron chi connectivity index (χ0n) is 22.3. The molecule has 0 fully saturated rings. The molecule has 2 atom stereocenters. The van der Waals surface area contributed by atoms with E-state index in [1.165, 1.54) is 43.8 Å². The molecule has 0 spiro atoms. The summed E-state index contributed by atoms with van der Waals surface area (Å²) in [6.07, 6.45) is -7.04. The molecule has 39 heavy (non-hydrogen) atoms. The number of fused-ring (bicyclic) bond motifs is 1. The third kappa shape index (κ3) is 5.99. The van der Waals surface area contributed by atoms with Crippen molar-refractivity contribution in [3.8, 4) is 11.6 Å². The van der Waals surface area contributed by atoms with Crippen LogP contribution in [0, 0.1) is 6.92 Å². The Kier molecular flexibility index (Phi) is 8.01. The molecular formula is C23H30F3N5O7S. The number of hydrogen-bond donors (Lipinski definition) is 2. The molecule has 3 rings (SSSR count). The van der Waals surface area contributed by atoms with Crippen LogP contribution in [-0.2, 0) is 26.6 Å². The van der Waals surface area contributed by atoms with Crippen LogP contribution in [0.1, 0.15) is 33.4 Å². The maximum atomic E-state index is 14.0. The first kappa shape index (κ1) is 29.9.